The molecule has 110 valence electrons. The molecule has 1 aromatic rings. The molecule has 0 aromatic carbocycles. The normalized spacial score (nSPS) is 19.2. The fourth-order valence-electron chi connectivity index (χ4n) is 2.29. The highest BCUT2D eigenvalue weighted by molar-refractivity contribution is 5.81. The molecule has 0 saturated carbocycles. The Morgan fingerprint density at radius 3 is 2.75 bits per heavy atom. The number of rotatable bonds is 3. The monoisotopic (exact) mass is 277 g/mol. The van der Waals surface area contributed by atoms with Crippen molar-refractivity contribution in [2.75, 3.05) is 19.7 Å². The molecule has 2 rings (SSSR count). The Morgan fingerprint density at radius 1 is 1.40 bits per heavy atom. The summed E-state index contributed by atoms with van der Waals surface area (Å²) in [7, 11) is 0. The summed E-state index contributed by atoms with van der Waals surface area (Å²) in [6.45, 7) is 9.96. The maximum absolute atomic E-state index is 12.2. The minimum absolute atomic E-state index is 0.218. The number of likely N-dealkylation sites (tertiary alicyclic amines) is 1. The predicted octanol–water partition coefficient (Wildman–Crippen LogP) is 2.06. The Morgan fingerprint density at radius 2 is 2.15 bits per heavy atom. The zero-order valence-corrected chi connectivity index (χ0v) is 12.7. The van der Waals surface area contributed by atoms with Gasteiger partial charge in [0.1, 0.15) is 0 Å². The van der Waals surface area contributed by atoms with Gasteiger partial charge in [0.25, 0.3) is 0 Å². The van der Waals surface area contributed by atoms with Crippen molar-refractivity contribution in [2.45, 2.75) is 34.1 Å². The van der Waals surface area contributed by atoms with Crippen LogP contribution in [0, 0.1) is 18.3 Å². The summed E-state index contributed by atoms with van der Waals surface area (Å²) < 4.78 is 5.65. The van der Waals surface area contributed by atoms with E-state index in [1.807, 2.05) is 44.7 Å². The van der Waals surface area contributed by atoms with Crippen LogP contribution >= 0.6 is 0 Å². The summed E-state index contributed by atoms with van der Waals surface area (Å²) >= 11 is 0. The molecule has 1 aliphatic rings. The molecule has 1 unspecified atom stereocenters. The molecule has 0 N–H and O–H groups in total. The van der Waals surface area contributed by atoms with Gasteiger partial charge in [0.15, 0.2) is 0 Å². The maximum atomic E-state index is 12.2. The van der Waals surface area contributed by atoms with E-state index in [9.17, 15) is 4.79 Å². The topological polar surface area (TPSA) is 55.3 Å². The van der Waals surface area contributed by atoms with Crippen molar-refractivity contribution in [3.05, 3.63) is 17.8 Å². The molecule has 20 heavy (non-hydrogen) atoms. The van der Waals surface area contributed by atoms with Gasteiger partial charge in [-0.1, -0.05) is 20.8 Å². The number of carbonyl (C=O) groups is 1. The van der Waals surface area contributed by atoms with Crippen LogP contribution in [0.4, 0.5) is 0 Å². The van der Waals surface area contributed by atoms with E-state index in [-0.39, 0.29) is 11.3 Å². The maximum Gasteiger partial charge on any atom is 0.233 e. The third-order valence-electron chi connectivity index (χ3n) is 3.45. The first-order valence-electron chi connectivity index (χ1n) is 7.09. The molecule has 1 fully saturated rings. The van der Waals surface area contributed by atoms with E-state index in [2.05, 4.69) is 10.2 Å². The van der Waals surface area contributed by atoms with Gasteiger partial charge in [0.2, 0.25) is 11.8 Å². The van der Waals surface area contributed by atoms with Gasteiger partial charge in [-0.2, -0.15) is 5.10 Å². The van der Waals surface area contributed by atoms with Crippen molar-refractivity contribution >= 4 is 5.91 Å². The number of hydrogen-bond donors (Lipinski definition) is 0. The van der Waals surface area contributed by atoms with Gasteiger partial charge >= 0.3 is 0 Å². The van der Waals surface area contributed by atoms with Crippen LogP contribution in [0.2, 0.25) is 0 Å². The van der Waals surface area contributed by atoms with Crippen molar-refractivity contribution in [3.8, 4) is 5.88 Å². The van der Waals surface area contributed by atoms with E-state index in [1.165, 1.54) is 0 Å². The number of carbonyl (C=O) groups excluding carboxylic acids is 1. The fourth-order valence-corrected chi connectivity index (χ4v) is 2.29. The molecule has 1 aliphatic heterocycles. The Hall–Kier alpha value is -1.65. The first-order chi connectivity index (χ1) is 9.36. The molecular weight excluding hydrogens is 254 g/mol. The third-order valence-corrected chi connectivity index (χ3v) is 3.45. The number of aryl methyl sites for hydroxylation is 1. The van der Waals surface area contributed by atoms with Crippen molar-refractivity contribution in [1.29, 1.82) is 0 Å². The molecule has 5 heteroatoms. The van der Waals surface area contributed by atoms with Gasteiger partial charge in [0, 0.05) is 30.5 Å². The first kappa shape index (κ1) is 14.8. The van der Waals surface area contributed by atoms with Crippen molar-refractivity contribution < 1.29 is 9.53 Å². The summed E-state index contributed by atoms with van der Waals surface area (Å²) in [6, 6.07) is 3.71. The van der Waals surface area contributed by atoms with Crippen LogP contribution in [0.1, 0.15) is 32.9 Å². The number of aromatic nitrogens is 2. The lowest BCUT2D eigenvalue weighted by atomic mass is 9.95. The van der Waals surface area contributed by atoms with Crippen molar-refractivity contribution in [2.24, 2.45) is 11.3 Å². The Balaban J connectivity index is 1.82. The van der Waals surface area contributed by atoms with Crippen LogP contribution < -0.4 is 4.74 Å². The van der Waals surface area contributed by atoms with Gasteiger partial charge < -0.3 is 9.64 Å². The molecule has 1 atom stereocenters. The van der Waals surface area contributed by atoms with E-state index >= 15 is 0 Å². The van der Waals surface area contributed by atoms with Gasteiger partial charge in [-0.15, -0.1) is 5.10 Å². The lowest BCUT2D eigenvalue weighted by Gasteiger charge is -2.25. The first-order valence-corrected chi connectivity index (χ1v) is 7.09. The summed E-state index contributed by atoms with van der Waals surface area (Å²) in [4.78, 5) is 14.1. The minimum atomic E-state index is -0.307. The number of amides is 1. The van der Waals surface area contributed by atoms with Gasteiger partial charge in [0.05, 0.1) is 12.3 Å². The minimum Gasteiger partial charge on any atom is -0.476 e. The molecule has 0 aliphatic carbocycles. The van der Waals surface area contributed by atoms with E-state index in [1.54, 1.807) is 0 Å². The zero-order chi connectivity index (χ0) is 14.8. The predicted molar refractivity (Wildman–Crippen MR) is 76.4 cm³/mol. The fraction of sp³-hybridized carbons (Fsp3) is 0.667. The number of hydrogen-bond acceptors (Lipinski definition) is 4. The second kappa shape index (κ2) is 5.77. The summed E-state index contributed by atoms with van der Waals surface area (Å²) in [6.07, 6.45) is 0.987. The van der Waals surface area contributed by atoms with Crippen LogP contribution in [-0.4, -0.2) is 40.7 Å². The Labute approximate surface area is 120 Å². The van der Waals surface area contributed by atoms with Crippen LogP contribution in [0.15, 0.2) is 12.1 Å². The summed E-state index contributed by atoms with van der Waals surface area (Å²) in [5, 5.41) is 7.94. The van der Waals surface area contributed by atoms with Crippen LogP contribution in [0.25, 0.3) is 0 Å². The molecule has 0 spiro atoms. The molecule has 5 nitrogen and oxygen atoms in total. The van der Waals surface area contributed by atoms with Crippen LogP contribution in [0.5, 0.6) is 5.88 Å². The average Bonchev–Trinajstić information content (AvgIpc) is 2.85. The van der Waals surface area contributed by atoms with Gasteiger partial charge in [-0.3, -0.25) is 4.79 Å². The number of ether oxygens (including phenoxy) is 1. The second-order valence-electron chi connectivity index (χ2n) is 6.48. The van der Waals surface area contributed by atoms with E-state index in [0.29, 0.717) is 18.4 Å². The molecule has 1 saturated heterocycles. The standard InChI is InChI=1S/C15H23N3O2/c1-11-5-6-13(17-16-11)20-10-12-7-8-18(9-12)14(19)15(2,3)4/h5-6,12H,7-10H2,1-4H3. The highest BCUT2D eigenvalue weighted by Crippen LogP contribution is 2.24. The molecule has 1 aromatic heterocycles. The third kappa shape index (κ3) is 3.68. The average molecular weight is 277 g/mol. The Bertz CT molecular complexity index is 465. The highest BCUT2D eigenvalue weighted by atomic mass is 16.5. The quantitative estimate of drug-likeness (QED) is 0.848. The Kier molecular flexibility index (Phi) is 4.26. The van der Waals surface area contributed by atoms with E-state index < -0.39 is 0 Å². The molecule has 2 heterocycles. The van der Waals surface area contributed by atoms with Gasteiger partial charge in [-0.25, -0.2) is 0 Å². The van der Waals surface area contributed by atoms with Crippen LogP contribution in [-0.2, 0) is 4.79 Å². The molecule has 0 bridgehead atoms. The van der Waals surface area contributed by atoms with E-state index in [4.69, 9.17) is 4.74 Å². The lowest BCUT2D eigenvalue weighted by molar-refractivity contribution is -0.138. The largest absolute Gasteiger partial charge is 0.476 e. The summed E-state index contributed by atoms with van der Waals surface area (Å²) in [5.41, 5.74) is 0.568. The smallest absolute Gasteiger partial charge is 0.233 e. The SMILES string of the molecule is Cc1ccc(OCC2CCN(C(=O)C(C)(C)C)C2)nn1. The molecular formula is C15H23N3O2. The highest BCUT2D eigenvalue weighted by Gasteiger charge is 2.32. The summed E-state index contributed by atoms with van der Waals surface area (Å²) in [5.74, 6) is 1.15. The zero-order valence-electron chi connectivity index (χ0n) is 12.7. The molecule has 1 amide bonds. The number of nitrogens with zero attached hydrogens (tertiary/aromatic N) is 3. The van der Waals surface area contributed by atoms with Crippen molar-refractivity contribution in [1.82, 2.24) is 15.1 Å². The molecule has 0 radical (unpaired) electrons. The van der Waals surface area contributed by atoms with Gasteiger partial charge in [-0.05, 0) is 19.4 Å². The van der Waals surface area contributed by atoms with Crippen molar-refractivity contribution in [3.63, 3.8) is 0 Å². The van der Waals surface area contributed by atoms with Crippen LogP contribution in [0.3, 0.4) is 0 Å². The second-order valence-corrected chi connectivity index (χ2v) is 6.48. The van der Waals surface area contributed by atoms with E-state index in [0.717, 1.165) is 25.2 Å². The lowest BCUT2D eigenvalue weighted by Crippen LogP contribution is -2.38.